The zero-order valence-corrected chi connectivity index (χ0v) is 18.0. The van der Waals surface area contributed by atoms with Crippen molar-refractivity contribution in [1.29, 1.82) is 0 Å². The highest BCUT2D eigenvalue weighted by Crippen LogP contribution is 2.32. The average molecular weight is 394 g/mol. The van der Waals surface area contributed by atoms with Gasteiger partial charge in [0.1, 0.15) is 12.4 Å². The van der Waals surface area contributed by atoms with Gasteiger partial charge in [0.15, 0.2) is 0 Å². The molecule has 4 nitrogen and oxygen atoms in total. The van der Waals surface area contributed by atoms with Crippen LogP contribution in [0.2, 0.25) is 0 Å². The number of benzene rings is 2. The predicted octanol–water partition coefficient (Wildman–Crippen LogP) is 6.44. The summed E-state index contributed by atoms with van der Waals surface area (Å²) in [5.74, 6) is 0.699. The molecule has 1 amide bonds. The van der Waals surface area contributed by atoms with Gasteiger partial charge in [-0.2, -0.15) is 0 Å². The summed E-state index contributed by atoms with van der Waals surface area (Å²) in [4.78, 5) is 13.6. The highest BCUT2D eigenvalue weighted by atomic mass is 16.5. The number of amides is 1. The first-order valence-electron chi connectivity index (χ1n) is 9.71. The lowest BCUT2D eigenvalue weighted by Gasteiger charge is -2.41. The van der Waals surface area contributed by atoms with E-state index in [1.54, 1.807) is 0 Å². The van der Waals surface area contributed by atoms with E-state index in [1.807, 2.05) is 83.1 Å². The Kier molecular flexibility index (Phi) is 6.91. The van der Waals surface area contributed by atoms with E-state index in [0.717, 1.165) is 27.8 Å². The Hall–Kier alpha value is -3.01. The number of hydrogen-bond acceptors (Lipinski definition) is 2. The molecule has 2 aromatic carbocycles. The molecule has 0 heterocycles. The molecular formula is C25H31NO3. The van der Waals surface area contributed by atoms with Crippen molar-refractivity contribution in [2.45, 2.75) is 46.2 Å². The standard InChI is InChI=1S/C25H31NO3/c1-17(2)20-10-8-12-22(14-20)25(6,7)26(24(27)28)19(5)16-29-23-13-9-11-21(15-23)18(3)4/h8-15,19H,1,3,16H2,2,4-7H3,(H,27,28). The topological polar surface area (TPSA) is 49.8 Å². The molecule has 0 bridgehead atoms. The van der Waals surface area contributed by atoms with Crippen LogP contribution in [-0.4, -0.2) is 28.7 Å². The smallest absolute Gasteiger partial charge is 0.408 e. The minimum absolute atomic E-state index is 0.246. The number of ether oxygens (including phenoxy) is 1. The van der Waals surface area contributed by atoms with Gasteiger partial charge in [0.25, 0.3) is 0 Å². The first-order chi connectivity index (χ1) is 13.5. The summed E-state index contributed by atoms with van der Waals surface area (Å²) in [5, 5.41) is 9.97. The van der Waals surface area contributed by atoms with Crippen molar-refractivity contribution >= 4 is 17.2 Å². The number of hydrogen-bond donors (Lipinski definition) is 1. The van der Waals surface area contributed by atoms with Crippen molar-refractivity contribution in [3.05, 3.63) is 78.4 Å². The van der Waals surface area contributed by atoms with Crippen LogP contribution < -0.4 is 4.74 Å². The summed E-state index contributed by atoms with van der Waals surface area (Å²) >= 11 is 0. The molecule has 0 saturated carbocycles. The fourth-order valence-corrected chi connectivity index (χ4v) is 3.43. The van der Waals surface area contributed by atoms with Crippen molar-refractivity contribution in [2.75, 3.05) is 6.61 Å². The third-order valence-electron chi connectivity index (χ3n) is 5.13. The molecule has 2 aromatic rings. The summed E-state index contributed by atoms with van der Waals surface area (Å²) in [5.41, 5.74) is 4.08. The van der Waals surface area contributed by atoms with Gasteiger partial charge in [-0.05, 0) is 69.5 Å². The molecule has 0 aliphatic heterocycles. The SMILES string of the molecule is C=C(C)c1cccc(OCC(C)N(C(=O)O)C(C)(C)c2cccc(C(=C)C)c2)c1. The zero-order chi connectivity index (χ0) is 21.8. The second-order valence-electron chi connectivity index (χ2n) is 8.04. The maximum absolute atomic E-state index is 12.2. The third-order valence-corrected chi connectivity index (χ3v) is 5.13. The number of allylic oxidation sites excluding steroid dienone is 2. The highest BCUT2D eigenvalue weighted by Gasteiger charge is 2.36. The van der Waals surface area contributed by atoms with Crippen LogP contribution in [0.25, 0.3) is 11.1 Å². The molecular weight excluding hydrogens is 362 g/mol. The van der Waals surface area contributed by atoms with E-state index in [9.17, 15) is 9.90 Å². The van der Waals surface area contributed by atoms with Crippen molar-refractivity contribution < 1.29 is 14.6 Å². The molecule has 0 radical (unpaired) electrons. The summed E-state index contributed by atoms with van der Waals surface area (Å²) in [6.07, 6.45) is -0.984. The van der Waals surface area contributed by atoms with Gasteiger partial charge in [-0.1, -0.05) is 54.6 Å². The van der Waals surface area contributed by atoms with E-state index < -0.39 is 11.6 Å². The van der Waals surface area contributed by atoms with Crippen LogP contribution in [0.4, 0.5) is 4.79 Å². The summed E-state index contributed by atoms with van der Waals surface area (Å²) in [7, 11) is 0. The average Bonchev–Trinajstić information content (AvgIpc) is 2.66. The molecule has 0 fully saturated rings. The van der Waals surface area contributed by atoms with E-state index in [4.69, 9.17) is 4.74 Å². The molecule has 1 atom stereocenters. The molecule has 2 rings (SSSR count). The van der Waals surface area contributed by atoms with Gasteiger partial charge < -0.3 is 9.84 Å². The Morgan fingerprint density at radius 1 is 1.07 bits per heavy atom. The van der Waals surface area contributed by atoms with Crippen molar-refractivity contribution in [2.24, 2.45) is 0 Å². The lowest BCUT2D eigenvalue weighted by molar-refractivity contribution is 0.0482. The highest BCUT2D eigenvalue weighted by molar-refractivity contribution is 5.68. The molecule has 0 saturated heterocycles. The number of nitrogens with zero attached hydrogens (tertiary/aromatic N) is 1. The van der Waals surface area contributed by atoms with E-state index in [-0.39, 0.29) is 12.6 Å². The summed E-state index contributed by atoms with van der Waals surface area (Å²) < 4.78 is 5.92. The molecule has 1 unspecified atom stereocenters. The third kappa shape index (κ3) is 5.29. The van der Waals surface area contributed by atoms with Gasteiger partial charge in [0.05, 0.1) is 11.6 Å². The predicted molar refractivity (Wildman–Crippen MR) is 120 cm³/mol. The van der Waals surface area contributed by atoms with Gasteiger partial charge in [0, 0.05) is 0 Å². The lowest BCUT2D eigenvalue weighted by atomic mass is 9.89. The minimum Gasteiger partial charge on any atom is -0.491 e. The molecule has 0 aliphatic carbocycles. The van der Waals surface area contributed by atoms with Crippen LogP contribution in [0.15, 0.2) is 61.7 Å². The minimum atomic E-state index is -0.984. The van der Waals surface area contributed by atoms with Gasteiger partial charge >= 0.3 is 6.09 Å². The first-order valence-corrected chi connectivity index (χ1v) is 9.71. The number of carbonyl (C=O) groups is 1. The zero-order valence-electron chi connectivity index (χ0n) is 18.0. The lowest BCUT2D eigenvalue weighted by Crippen LogP contribution is -2.51. The molecule has 29 heavy (non-hydrogen) atoms. The van der Waals surface area contributed by atoms with E-state index in [1.165, 1.54) is 4.90 Å². The van der Waals surface area contributed by atoms with E-state index in [2.05, 4.69) is 13.2 Å². The Morgan fingerprint density at radius 3 is 2.17 bits per heavy atom. The second kappa shape index (κ2) is 8.99. The Balaban J connectivity index is 2.24. The number of rotatable bonds is 8. The van der Waals surface area contributed by atoms with Crippen molar-refractivity contribution in [3.8, 4) is 5.75 Å². The maximum atomic E-state index is 12.2. The molecule has 154 valence electrons. The van der Waals surface area contributed by atoms with Crippen LogP contribution in [0.5, 0.6) is 5.75 Å². The van der Waals surface area contributed by atoms with E-state index in [0.29, 0.717) is 5.75 Å². The summed E-state index contributed by atoms with van der Waals surface area (Å²) in [6.45, 7) is 17.8. The Labute approximate surface area is 174 Å². The molecule has 0 aliphatic rings. The van der Waals surface area contributed by atoms with Crippen molar-refractivity contribution in [3.63, 3.8) is 0 Å². The molecule has 0 spiro atoms. The fraction of sp³-hybridized carbons (Fsp3) is 0.320. The first kappa shape index (κ1) is 22.3. The molecule has 0 aromatic heterocycles. The Morgan fingerprint density at radius 2 is 1.62 bits per heavy atom. The van der Waals surface area contributed by atoms with Crippen molar-refractivity contribution in [1.82, 2.24) is 4.90 Å². The van der Waals surface area contributed by atoms with Gasteiger partial charge in [-0.25, -0.2) is 4.79 Å². The van der Waals surface area contributed by atoms with Gasteiger partial charge in [-0.15, -0.1) is 0 Å². The largest absolute Gasteiger partial charge is 0.491 e. The summed E-state index contributed by atoms with van der Waals surface area (Å²) in [6, 6.07) is 15.2. The fourth-order valence-electron chi connectivity index (χ4n) is 3.43. The van der Waals surface area contributed by atoms with Crippen LogP contribution in [0.3, 0.4) is 0 Å². The normalized spacial score (nSPS) is 12.2. The quantitative estimate of drug-likeness (QED) is 0.562. The van der Waals surface area contributed by atoms with Crippen LogP contribution >= 0.6 is 0 Å². The van der Waals surface area contributed by atoms with Gasteiger partial charge in [-0.3, -0.25) is 4.90 Å². The second-order valence-corrected chi connectivity index (χ2v) is 8.04. The Bertz CT molecular complexity index is 914. The van der Waals surface area contributed by atoms with Gasteiger partial charge in [0.2, 0.25) is 0 Å². The van der Waals surface area contributed by atoms with Crippen LogP contribution in [-0.2, 0) is 5.54 Å². The molecule has 1 N–H and O–H groups in total. The van der Waals surface area contributed by atoms with Crippen LogP contribution in [0, 0.1) is 0 Å². The monoisotopic (exact) mass is 393 g/mol. The number of carboxylic acid groups (broad SMARTS) is 1. The molecule has 4 heteroatoms. The van der Waals surface area contributed by atoms with Crippen LogP contribution in [0.1, 0.15) is 51.3 Å². The van der Waals surface area contributed by atoms with E-state index >= 15 is 0 Å². The maximum Gasteiger partial charge on any atom is 0.408 e.